The Labute approximate surface area is 168 Å². The number of ether oxygens (including phenoxy) is 1. The minimum atomic E-state index is -0.272. The largest absolute Gasteiger partial charge is 0.377 e. The Morgan fingerprint density at radius 1 is 1.25 bits per heavy atom. The molecule has 154 valence electrons. The molecule has 28 heavy (non-hydrogen) atoms. The van der Waals surface area contributed by atoms with Gasteiger partial charge >= 0.3 is 0 Å². The lowest BCUT2D eigenvalue weighted by atomic mass is 9.92. The molecule has 0 saturated carbocycles. The van der Waals surface area contributed by atoms with E-state index < -0.39 is 0 Å². The quantitative estimate of drug-likeness (QED) is 0.762. The number of carbonyl (C=O) groups excluding carboxylic acids is 1. The number of amides is 1. The molecule has 0 fully saturated rings. The summed E-state index contributed by atoms with van der Waals surface area (Å²) in [5.74, 6) is -0.241. The van der Waals surface area contributed by atoms with Gasteiger partial charge in [0.2, 0.25) is 5.91 Å². The highest BCUT2D eigenvalue weighted by molar-refractivity contribution is 5.93. The van der Waals surface area contributed by atoms with Gasteiger partial charge in [-0.25, -0.2) is 4.39 Å². The van der Waals surface area contributed by atoms with Gasteiger partial charge in [0.1, 0.15) is 5.83 Å². The normalized spacial score (nSPS) is 19.4. The number of rotatable bonds is 3. The minimum absolute atomic E-state index is 0.0315. The lowest BCUT2D eigenvalue weighted by Gasteiger charge is -2.26. The smallest absolute Gasteiger partial charge is 0.224 e. The number of benzene rings is 1. The van der Waals surface area contributed by atoms with Crippen LogP contribution in [0.15, 0.2) is 36.2 Å². The van der Waals surface area contributed by atoms with Crippen molar-refractivity contribution in [2.75, 3.05) is 36.5 Å². The van der Waals surface area contributed by atoms with Gasteiger partial charge in [0.25, 0.3) is 0 Å². The van der Waals surface area contributed by atoms with Crippen LogP contribution in [0.4, 0.5) is 15.8 Å². The Bertz CT molecular complexity index is 724. The van der Waals surface area contributed by atoms with Crippen molar-refractivity contribution in [3.05, 3.63) is 47.3 Å². The molecule has 1 heterocycles. The third-order valence-electron chi connectivity index (χ3n) is 4.55. The molecule has 0 saturated heterocycles. The standard InChI is InChI=1S/C23H33FN2O2/c1-17-14-20(15-18(2)22(17)25-21(27)16-23(3,4)5)26-10-6-8-19(24)9-13-28-12-7-11-26/h6,8-9,14-15H,7,10-13,16H2,1-5H3,(H,25,27)/b8-6-,19-9+. The van der Waals surface area contributed by atoms with Crippen LogP contribution in [-0.4, -0.2) is 32.2 Å². The summed E-state index contributed by atoms with van der Waals surface area (Å²) >= 11 is 0. The van der Waals surface area contributed by atoms with E-state index in [0.717, 1.165) is 35.5 Å². The number of nitrogens with one attached hydrogen (secondary N) is 1. The Balaban J connectivity index is 2.19. The fraction of sp³-hybridized carbons (Fsp3) is 0.522. The molecule has 1 aliphatic heterocycles. The molecule has 1 aromatic rings. The van der Waals surface area contributed by atoms with Gasteiger partial charge < -0.3 is 15.0 Å². The average Bonchev–Trinajstić information content (AvgIpc) is 2.62. The summed E-state index contributed by atoms with van der Waals surface area (Å²) in [5.41, 5.74) is 3.95. The number of carbonyl (C=O) groups is 1. The third kappa shape index (κ3) is 7.12. The minimum Gasteiger partial charge on any atom is -0.377 e. The van der Waals surface area contributed by atoms with Crippen LogP contribution in [0.25, 0.3) is 0 Å². The Morgan fingerprint density at radius 2 is 1.93 bits per heavy atom. The third-order valence-corrected chi connectivity index (χ3v) is 4.55. The van der Waals surface area contributed by atoms with Crippen LogP contribution >= 0.6 is 0 Å². The molecule has 0 aromatic heterocycles. The topological polar surface area (TPSA) is 41.6 Å². The van der Waals surface area contributed by atoms with E-state index in [0.29, 0.717) is 26.2 Å². The van der Waals surface area contributed by atoms with Gasteiger partial charge in [0.15, 0.2) is 0 Å². The van der Waals surface area contributed by atoms with E-state index in [1.54, 1.807) is 0 Å². The van der Waals surface area contributed by atoms with Gasteiger partial charge in [-0.1, -0.05) is 26.8 Å². The molecular weight excluding hydrogens is 355 g/mol. The van der Waals surface area contributed by atoms with Crippen LogP contribution in [0.1, 0.15) is 44.7 Å². The number of aryl methyl sites for hydroxylation is 2. The van der Waals surface area contributed by atoms with E-state index in [9.17, 15) is 9.18 Å². The van der Waals surface area contributed by atoms with E-state index >= 15 is 0 Å². The number of hydrogen-bond acceptors (Lipinski definition) is 3. The van der Waals surface area contributed by atoms with Crippen molar-refractivity contribution in [1.29, 1.82) is 0 Å². The summed E-state index contributed by atoms with van der Waals surface area (Å²) in [4.78, 5) is 14.6. The van der Waals surface area contributed by atoms with E-state index in [1.165, 1.54) is 12.2 Å². The van der Waals surface area contributed by atoms with Gasteiger partial charge in [-0.05, 0) is 61.1 Å². The SMILES string of the molecule is Cc1cc(N2C/C=C\C(F)=C/COCCC2)cc(C)c1NC(=O)CC(C)(C)C. The predicted molar refractivity (Wildman–Crippen MR) is 115 cm³/mol. The fourth-order valence-corrected chi connectivity index (χ4v) is 3.25. The first-order chi connectivity index (χ1) is 13.2. The van der Waals surface area contributed by atoms with Crippen LogP contribution in [0, 0.1) is 19.3 Å². The molecule has 0 aliphatic carbocycles. The van der Waals surface area contributed by atoms with E-state index in [2.05, 4.69) is 43.1 Å². The molecule has 1 aliphatic rings. The molecule has 1 amide bonds. The maximum Gasteiger partial charge on any atom is 0.224 e. The van der Waals surface area contributed by atoms with Crippen molar-refractivity contribution in [1.82, 2.24) is 0 Å². The van der Waals surface area contributed by atoms with Gasteiger partial charge in [-0.2, -0.15) is 0 Å². The molecule has 0 unspecified atom stereocenters. The summed E-state index contributed by atoms with van der Waals surface area (Å²) in [6.45, 7) is 12.5. The second-order valence-electron chi connectivity index (χ2n) is 8.61. The van der Waals surface area contributed by atoms with Gasteiger partial charge in [-0.3, -0.25) is 4.79 Å². The maximum absolute atomic E-state index is 13.7. The highest BCUT2D eigenvalue weighted by Gasteiger charge is 2.18. The van der Waals surface area contributed by atoms with Gasteiger partial charge in [0, 0.05) is 37.5 Å². The zero-order valence-corrected chi connectivity index (χ0v) is 17.8. The second kappa shape index (κ2) is 9.87. The number of halogens is 1. The Morgan fingerprint density at radius 3 is 2.57 bits per heavy atom. The predicted octanol–water partition coefficient (Wildman–Crippen LogP) is 5.31. The van der Waals surface area contributed by atoms with Gasteiger partial charge in [-0.15, -0.1) is 0 Å². The molecule has 4 nitrogen and oxygen atoms in total. The number of nitrogens with zero attached hydrogens (tertiary/aromatic N) is 1. The first-order valence-electron chi connectivity index (χ1n) is 9.92. The first-order valence-corrected chi connectivity index (χ1v) is 9.92. The Kier molecular flexibility index (Phi) is 7.81. The van der Waals surface area contributed by atoms with Crippen molar-refractivity contribution in [3.8, 4) is 0 Å². The number of allylic oxidation sites excluding steroid dienone is 2. The van der Waals surface area contributed by atoms with E-state index in [4.69, 9.17) is 4.74 Å². The lowest BCUT2D eigenvalue weighted by molar-refractivity contribution is -0.117. The molecule has 0 radical (unpaired) electrons. The van der Waals surface area contributed by atoms with Crippen LogP contribution in [-0.2, 0) is 9.53 Å². The summed E-state index contributed by atoms with van der Waals surface area (Å²) in [6, 6.07) is 4.17. The van der Waals surface area contributed by atoms with Crippen molar-refractivity contribution >= 4 is 17.3 Å². The molecular formula is C23H33FN2O2. The van der Waals surface area contributed by atoms with Crippen LogP contribution in [0.3, 0.4) is 0 Å². The monoisotopic (exact) mass is 388 g/mol. The molecule has 0 bridgehead atoms. The second-order valence-corrected chi connectivity index (χ2v) is 8.61. The first kappa shape index (κ1) is 22.2. The van der Waals surface area contributed by atoms with Crippen LogP contribution in [0.5, 0.6) is 0 Å². The molecule has 2 rings (SSSR count). The highest BCUT2D eigenvalue weighted by atomic mass is 19.1. The Hall–Kier alpha value is -2.14. The van der Waals surface area contributed by atoms with Crippen molar-refractivity contribution < 1.29 is 13.9 Å². The van der Waals surface area contributed by atoms with Crippen LogP contribution in [0.2, 0.25) is 0 Å². The van der Waals surface area contributed by atoms with E-state index in [-0.39, 0.29) is 17.1 Å². The van der Waals surface area contributed by atoms with Crippen molar-refractivity contribution in [2.24, 2.45) is 5.41 Å². The molecule has 1 N–H and O–H groups in total. The zero-order chi connectivity index (χ0) is 20.7. The number of anilines is 2. The fourth-order valence-electron chi connectivity index (χ4n) is 3.25. The molecule has 5 heteroatoms. The number of hydrogen-bond donors (Lipinski definition) is 1. The lowest BCUT2D eigenvalue weighted by Crippen LogP contribution is -2.26. The molecule has 1 aromatic carbocycles. The van der Waals surface area contributed by atoms with E-state index in [1.807, 2.05) is 19.9 Å². The van der Waals surface area contributed by atoms with Crippen molar-refractivity contribution in [3.63, 3.8) is 0 Å². The highest BCUT2D eigenvalue weighted by Crippen LogP contribution is 2.29. The zero-order valence-electron chi connectivity index (χ0n) is 17.8. The molecule has 0 atom stereocenters. The van der Waals surface area contributed by atoms with Crippen LogP contribution < -0.4 is 10.2 Å². The van der Waals surface area contributed by atoms with Gasteiger partial charge in [0.05, 0.1) is 6.61 Å². The summed E-state index contributed by atoms with van der Waals surface area (Å²) in [5, 5.41) is 3.07. The summed E-state index contributed by atoms with van der Waals surface area (Å²) in [7, 11) is 0. The summed E-state index contributed by atoms with van der Waals surface area (Å²) in [6.07, 6.45) is 6.12. The van der Waals surface area contributed by atoms with Crippen molar-refractivity contribution in [2.45, 2.75) is 47.5 Å². The maximum atomic E-state index is 13.7. The molecule has 0 spiro atoms. The summed E-state index contributed by atoms with van der Waals surface area (Å²) < 4.78 is 19.1. The average molecular weight is 389 g/mol.